The minimum absolute atomic E-state index is 0.209. The van der Waals surface area contributed by atoms with Gasteiger partial charge in [-0.3, -0.25) is 0 Å². The van der Waals surface area contributed by atoms with E-state index in [1.165, 1.54) is 31.4 Å². The Kier molecular flexibility index (Phi) is 4.06. The lowest BCUT2D eigenvalue weighted by Crippen LogP contribution is -2.41. The van der Waals surface area contributed by atoms with Crippen molar-refractivity contribution in [3.63, 3.8) is 0 Å². The fourth-order valence-electron chi connectivity index (χ4n) is 3.63. The van der Waals surface area contributed by atoms with Crippen molar-refractivity contribution < 1.29 is 4.39 Å². The number of aromatic nitrogens is 1. The van der Waals surface area contributed by atoms with Crippen LogP contribution in [0.4, 0.5) is 15.8 Å². The highest BCUT2D eigenvalue weighted by Crippen LogP contribution is 2.37. The number of halogens is 1. The molecule has 0 atom stereocenters. The first-order chi connectivity index (χ1) is 12.4. The highest BCUT2D eigenvalue weighted by molar-refractivity contribution is 5.96. The van der Waals surface area contributed by atoms with E-state index in [2.05, 4.69) is 35.3 Å². The molecule has 0 aliphatic heterocycles. The number of nitrogens with zero attached hydrogens (tertiary/aromatic N) is 2. The van der Waals surface area contributed by atoms with E-state index in [9.17, 15) is 4.39 Å². The number of fused-ring (bicyclic) bond motifs is 1. The molecule has 0 saturated heterocycles. The number of rotatable bonds is 4. The average Bonchev–Trinajstić information content (AvgIpc) is 2.59. The summed E-state index contributed by atoms with van der Waals surface area (Å²) in [5.41, 5.74) is 4.91. The molecule has 2 aromatic carbocycles. The van der Waals surface area contributed by atoms with Gasteiger partial charge in [0.2, 0.25) is 0 Å². The van der Waals surface area contributed by atoms with Gasteiger partial charge < -0.3 is 10.2 Å². The van der Waals surface area contributed by atoms with Gasteiger partial charge in [0.05, 0.1) is 11.2 Å². The summed E-state index contributed by atoms with van der Waals surface area (Å²) < 4.78 is 13.6. The fourth-order valence-corrected chi connectivity index (χ4v) is 3.63. The fraction of sp³-hybridized carbons (Fsp3) is 0.318. The number of nitrogens with one attached hydrogen (secondary N) is 1. The summed E-state index contributed by atoms with van der Waals surface area (Å²) in [6.07, 6.45) is 3.71. The molecule has 0 spiro atoms. The lowest BCUT2D eigenvalue weighted by atomic mass is 9.78. The number of hydrogen-bond donors (Lipinski definition) is 1. The van der Waals surface area contributed by atoms with Crippen molar-refractivity contribution in [1.82, 2.24) is 4.98 Å². The molecule has 0 bridgehead atoms. The van der Waals surface area contributed by atoms with Crippen LogP contribution in [-0.2, 0) is 0 Å². The van der Waals surface area contributed by atoms with Crippen molar-refractivity contribution in [2.45, 2.75) is 31.7 Å². The van der Waals surface area contributed by atoms with Crippen LogP contribution in [0.5, 0.6) is 0 Å². The maximum atomic E-state index is 13.6. The van der Waals surface area contributed by atoms with Crippen molar-refractivity contribution >= 4 is 22.3 Å². The van der Waals surface area contributed by atoms with E-state index >= 15 is 0 Å². The summed E-state index contributed by atoms with van der Waals surface area (Å²) in [5, 5.41) is 4.77. The summed E-state index contributed by atoms with van der Waals surface area (Å²) in [7, 11) is 4.05. The number of benzene rings is 2. The molecular formula is C22H24FN3. The Morgan fingerprint density at radius 2 is 1.88 bits per heavy atom. The molecule has 3 nitrogen and oxygen atoms in total. The molecule has 1 N–H and O–H groups in total. The monoisotopic (exact) mass is 349 g/mol. The maximum absolute atomic E-state index is 13.6. The zero-order valence-corrected chi connectivity index (χ0v) is 15.5. The molecule has 4 heteroatoms. The average molecular weight is 349 g/mol. The van der Waals surface area contributed by atoms with Crippen LogP contribution in [0.15, 0.2) is 48.5 Å². The Bertz CT molecular complexity index is 961. The van der Waals surface area contributed by atoms with Crippen LogP contribution >= 0.6 is 0 Å². The normalized spacial score (nSPS) is 15.5. The first-order valence-electron chi connectivity index (χ1n) is 9.10. The molecule has 134 valence electrons. The van der Waals surface area contributed by atoms with Crippen molar-refractivity contribution in [2.24, 2.45) is 0 Å². The highest BCUT2D eigenvalue weighted by atomic mass is 19.1. The summed E-state index contributed by atoms with van der Waals surface area (Å²) in [6, 6.07) is 14.9. The number of hydrogen-bond acceptors (Lipinski definition) is 3. The van der Waals surface area contributed by atoms with Crippen molar-refractivity contribution in [2.75, 3.05) is 24.3 Å². The second-order valence-corrected chi connectivity index (χ2v) is 7.70. The minimum atomic E-state index is -0.246. The summed E-state index contributed by atoms with van der Waals surface area (Å²) in [5.74, 6) is -0.246. The van der Waals surface area contributed by atoms with Crippen LogP contribution in [0.2, 0.25) is 0 Å². The number of anilines is 2. The molecule has 0 radical (unpaired) electrons. The Balaban J connectivity index is 1.81. The smallest absolute Gasteiger partial charge is 0.123 e. The van der Waals surface area contributed by atoms with Gasteiger partial charge >= 0.3 is 0 Å². The van der Waals surface area contributed by atoms with Gasteiger partial charge in [-0.1, -0.05) is 12.1 Å². The molecule has 0 unspecified atom stereocenters. The van der Waals surface area contributed by atoms with Gasteiger partial charge in [0.15, 0.2) is 0 Å². The minimum Gasteiger partial charge on any atom is -0.380 e. The van der Waals surface area contributed by atoms with Crippen LogP contribution in [-0.4, -0.2) is 24.6 Å². The summed E-state index contributed by atoms with van der Waals surface area (Å²) in [6.45, 7) is 2.28. The molecular weight excluding hydrogens is 325 g/mol. The van der Waals surface area contributed by atoms with Crippen LogP contribution in [0.3, 0.4) is 0 Å². The molecule has 1 aromatic heterocycles. The van der Waals surface area contributed by atoms with E-state index in [1.807, 2.05) is 26.2 Å². The van der Waals surface area contributed by atoms with Gasteiger partial charge in [0.1, 0.15) is 5.82 Å². The lowest BCUT2D eigenvalue weighted by Gasteiger charge is -2.40. The molecule has 0 amide bonds. The Labute approximate surface area is 153 Å². The zero-order chi connectivity index (χ0) is 18.3. The molecule has 1 aliphatic carbocycles. The molecule has 26 heavy (non-hydrogen) atoms. The SMILES string of the molecule is CN(C)c1cc(-c2cccc(F)c2)nc2ccc(NC3(C)CCC3)cc12. The molecule has 1 saturated carbocycles. The third kappa shape index (κ3) is 3.12. The molecule has 1 heterocycles. The zero-order valence-electron chi connectivity index (χ0n) is 15.5. The van der Waals surface area contributed by atoms with Crippen LogP contribution < -0.4 is 10.2 Å². The third-order valence-corrected chi connectivity index (χ3v) is 5.29. The van der Waals surface area contributed by atoms with Crippen molar-refractivity contribution in [1.29, 1.82) is 0 Å². The van der Waals surface area contributed by atoms with Gasteiger partial charge in [-0.15, -0.1) is 0 Å². The topological polar surface area (TPSA) is 28.2 Å². The van der Waals surface area contributed by atoms with E-state index in [-0.39, 0.29) is 11.4 Å². The second kappa shape index (κ2) is 6.27. The number of pyridine rings is 1. The van der Waals surface area contributed by atoms with E-state index in [4.69, 9.17) is 4.98 Å². The van der Waals surface area contributed by atoms with Gasteiger partial charge in [0, 0.05) is 42.0 Å². The van der Waals surface area contributed by atoms with E-state index in [1.54, 1.807) is 6.07 Å². The Morgan fingerprint density at radius 1 is 1.08 bits per heavy atom. The largest absolute Gasteiger partial charge is 0.380 e. The molecule has 1 aliphatic rings. The summed E-state index contributed by atoms with van der Waals surface area (Å²) >= 11 is 0. The first-order valence-corrected chi connectivity index (χ1v) is 9.10. The van der Waals surface area contributed by atoms with Gasteiger partial charge in [-0.2, -0.15) is 0 Å². The van der Waals surface area contributed by atoms with Crippen LogP contribution in [0, 0.1) is 5.82 Å². The van der Waals surface area contributed by atoms with E-state index in [0.717, 1.165) is 33.5 Å². The van der Waals surface area contributed by atoms with Crippen LogP contribution in [0.1, 0.15) is 26.2 Å². The van der Waals surface area contributed by atoms with Crippen molar-refractivity contribution in [3.05, 3.63) is 54.3 Å². The highest BCUT2D eigenvalue weighted by Gasteiger charge is 2.31. The third-order valence-electron chi connectivity index (χ3n) is 5.29. The Hall–Kier alpha value is -2.62. The quantitative estimate of drug-likeness (QED) is 0.678. The van der Waals surface area contributed by atoms with Gasteiger partial charge in [-0.25, -0.2) is 9.37 Å². The standard InChI is InChI=1S/C22H24FN3/c1-22(10-5-11-22)25-17-8-9-19-18(13-17)21(26(2)3)14-20(24-19)15-6-4-7-16(23)12-15/h4,6-9,12-14,25H,5,10-11H2,1-3H3. The van der Waals surface area contributed by atoms with Crippen LogP contribution in [0.25, 0.3) is 22.2 Å². The summed E-state index contributed by atoms with van der Waals surface area (Å²) in [4.78, 5) is 6.87. The van der Waals surface area contributed by atoms with E-state index < -0.39 is 0 Å². The lowest BCUT2D eigenvalue weighted by molar-refractivity contribution is 0.306. The molecule has 4 rings (SSSR count). The second-order valence-electron chi connectivity index (χ2n) is 7.70. The first kappa shape index (κ1) is 16.8. The predicted octanol–water partition coefficient (Wildman–Crippen LogP) is 5.46. The van der Waals surface area contributed by atoms with Crippen molar-refractivity contribution in [3.8, 4) is 11.3 Å². The van der Waals surface area contributed by atoms with E-state index in [0.29, 0.717) is 0 Å². The molecule has 1 fully saturated rings. The molecule has 3 aromatic rings. The van der Waals surface area contributed by atoms with Gasteiger partial charge in [0.25, 0.3) is 0 Å². The predicted molar refractivity (Wildman–Crippen MR) is 107 cm³/mol. The maximum Gasteiger partial charge on any atom is 0.123 e. The van der Waals surface area contributed by atoms with Gasteiger partial charge in [-0.05, 0) is 62.6 Å². The Morgan fingerprint density at radius 3 is 2.54 bits per heavy atom.